The van der Waals surface area contributed by atoms with Gasteiger partial charge in [-0.2, -0.15) is 13.2 Å². The van der Waals surface area contributed by atoms with Crippen molar-refractivity contribution >= 4 is 34.9 Å². The van der Waals surface area contributed by atoms with Crippen molar-refractivity contribution in [3.8, 4) is 11.3 Å². The van der Waals surface area contributed by atoms with Crippen LogP contribution in [0.2, 0.25) is 0 Å². The molecule has 5 aromatic rings. The predicted molar refractivity (Wildman–Crippen MR) is 174 cm³/mol. The Hall–Kier alpha value is -5.79. The summed E-state index contributed by atoms with van der Waals surface area (Å²) < 4.78 is 41.2. The molecule has 2 aliphatic rings. The average molecular weight is 669 g/mol. The monoisotopic (exact) mass is 668 g/mol. The molecule has 2 aromatic carbocycles. The lowest BCUT2D eigenvalue weighted by Gasteiger charge is -2.42. The average Bonchev–Trinajstić information content (AvgIpc) is 3.49. The number of nitrogen functional groups attached to an aromatic ring is 1. The third kappa shape index (κ3) is 6.28. The van der Waals surface area contributed by atoms with Gasteiger partial charge in [0.1, 0.15) is 28.7 Å². The molecule has 0 aliphatic carbocycles. The van der Waals surface area contributed by atoms with Gasteiger partial charge < -0.3 is 20.9 Å². The lowest BCUT2D eigenvalue weighted by atomic mass is 9.92. The minimum Gasteiger partial charge on any atom is -0.382 e. The van der Waals surface area contributed by atoms with Gasteiger partial charge in [0.2, 0.25) is 5.91 Å². The number of alkyl halides is 3. The molecule has 0 saturated carbocycles. The number of likely N-dealkylation sites (tertiary alicyclic amines) is 2. The molecule has 0 spiro atoms. The van der Waals surface area contributed by atoms with Crippen molar-refractivity contribution in [3.63, 3.8) is 0 Å². The van der Waals surface area contributed by atoms with E-state index in [1.807, 2.05) is 27.5 Å². The molecular formula is C35H31F3N8O3. The summed E-state index contributed by atoms with van der Waals surface area (Å²) in [7, 11) is 0. The molecule has 0 radical (unpaired) electrons. The fourth-order valence-electron chi connectivity index (χ4n) is 6.43. The Balaban J connectivity index is 1.07. The second-order valence-electron chi connectivity index (χ2n) is 12.2. The molecule has 250 valence electrons. The highest BCUT2D eigenvalue weighted by Crippen LogP contribution is 2.35. The Morgan fingerprint density at radius 1 is 0.878 bits per heavy atom. The van der Waals surface area contributed by atoms with E-state index >= 15 is 0 Å². The molecule has 0 bridgehead atoms. The standard InChI is InChI=1S/C35H31F3N8O3/c36-35(37,38)26-12-13-40-27(17-26)42-32(47)22-10-8-21(9-11-22)28-29-30(39)41-14-16-46(29)31(43-28)24-7-4-15-44(18-24)34(49)25-19-45(20-25)33(48)23-5-2-1-3-6-23/h1-3,5-6,8-14,16-17,24-25H,4,7,15,18-20H2,(H2,39,41)(H,40,42,47)/t24-/m1/s1. The molecule has 11 nitrogen and oxygen atoms in total. The molecule has 1 atom stereocenters. The van der Waals surface area contributed by atoms with Crippen molar-refractivity contribution in [2.75, 3.05) is 37.2 Å². The molecule has 0 unspecified atom stereocenters. The van der Waals surface area contributed by atoms with Gasteiger partial charge in [-0.15, -0.1) is 0 Å². The van der Waals surface area contributed by atoms with Gasteiger partial charge in [-0.25, -0.2) is 15.0 Å². The molecule has 14 heteroatoms. The summed E-state index contributed by atoms with van der Waals surface area (Å²) in [6, 6.07) is 17.1. The van der Waals surface area contributed by atoms with Gasteiger partial charge in [-0.05, 0) is 49.2 Å². The zero-order valence-corrected chi connectivity index (χ0v) is 26.1. The Bertz CT molecular complexity index is 2040. The number of nitrogens with one attached hydrogen (secondary N) is 1. The summed E-state index contributed by atoms with van der Waals surface area (Å²) in [4.78, 5) is 55.8. The molecular weight excluding hydrogens is 637 g/mol. The summed E-state index contributed by atoms with van der Waals surface area (Å²) in [5, 5.41) is 2.41. The maximum atomic E-state index is 13.5. The molecule has 2 aliphatic heterocycles. The van der Waals surface area contributed by atoms with Crippen LogP contribution in [0.25, 0.3) is 16.8 Å². The van der Waals surface area contributed by atoms with E-state index in [-0.39, 0.29) is 40.8 Å². The summed E-state index contributed by atoms with van der Waals surface area (Å²) in [5.74, 6) is -0.252. The maximum absolute atomic E-state index is 13.5. The fraction of sp³-hybridized carbons (Fsp3) is 0.257. The first-order chi connectivity index (χ1) is 23.6. The van der Waals surface area contributed by atoms with Crippen LogP contribution in [0.1, 0.15) is 50.9 Å². The molecule has 3 aromatic heterocycles. The molecule has 2 saturated heterocycles. The van der Waals surface area contributed by atoms with Crippen LogP contribution < -0.4 is 11.1 Å². The van der Waals surface area contributed by atoms with Crippen LogP contribution in [0.4, 0.5) is 24.8 Å². The number of rotatable bonds is 6. The van der Waals surface area contributed by atoms with Crippen LogP contribution in [-0.2, 0) is 11.0 Å². The third-order valence-electron chi connectivity index (χ3n) is 9.00. The largest absolute Gasteiger partial charge is 0.416 e. The second-order valence-corrected chi connectivity index (χ2v) is 12.2. The van der Waals surface area contributed by atoms with Gasteiger partial charge in [0, 0.05) is 67.4 Å². The van der Waals surface area contributed by atoms with E-state index in [0.29, 0.717) is 48.5 Å². The fourth-order valence-corrected chi connectivity index (χ4v) is 6.43. The number of pyridine rings is 1. The number of hydrogen-bond acceptors (Lipinski definition) is 7. The number of anilines is 2. The van der Waals surface area contributed by atoms with E-state index in [2.05, 4.69) is 15.3 Å². The number of piperidine rings is 1. The number of carbonyl (C=O) groups is 3. The highest BCUT2D eigenvalue weighted by atomic mass is 19.4. The Morgan fingerprint density at radius 2 is 1.63 bits per heavy atom. The third-order valence-corrected chi connectivity index (χ3v) is 9.00. The molecule has 3 N–H and O–H groups in total. The number of fused-ring (bicyclic) bond motifs is 1. The smallest absolute Gasteiger partial charge is 0.382 e. The molecule has 3 amide bonds. The van der Waals surface area contributed by atoms with Crippen LogP contribution in [0.5, 0.6) is 0 Å². The van der Waals surface area contributed by atoms with E-state index in [1.165, 1.54) is 0 Å². The molecule has 7 rings (SSSR count). The summed E-state index contributed by atoms with van der Waals surface area (Å²) in [6.45, 7) is 1.86. The van der Waals surface area contributed by atoms with Crippen LogP contribution in [-0.4, -0.2) is 73.1 Å². The number of halogens is 3. The first-order valence-electron chi connectivity index (χ1n) is 15.8. The van der Waals surface area contributed by atoms with Crippen LogP contribution in [0, 0.1) is 5.92 Å². The molecule has 5 heterocycles. The lowest BCUT2D eigenvalue weighted by Crippen LogP contribution is -2.57. The summed E-state index contributed by atoms with van der Waals surface area (Å²) in [6.07, 6.45) is 1.37. The quantitative estimate of drug-likeness (QED) is 0.256. The van der Waals surface area contributed by atoms with Gasteiger partial charge in [-0.3, -0.25) is 18.8 Å². The summed E-state index contributed by atoms with van der Waals surface area (Å²) in [5.41, 5.74) is 8.02. The van der Waals surface area contributed by atoms with Crippen molar-refractivity contribution < 1.29 is 27.6 Å². The number of hydrogen-bond donors (Lipinski definition) is 2. The zero-order valence-electron chi connectivity index (χ0n) is 26.1. The Labute approximate surface area is 278 Å². The number of aromatic nitrogens is 4. The van der Waals surface area contributed by atoms with Gasteiger partial charge in [0.05, 0.1) is 11.5 Å². The van der Waals surface area contributed by atoms with E-state index in [0.717, 1.165) is 37.0 Å². The number of nitrogens with zero attached hydrogens (tertiary/aromatic N) is 6. The van der Waals surface area contributed by atoms with Crippen LogP contribution in [0.15, 0.2) is 85.3 Å². The summed E-state index contributed by atoms with van der Waals surface area (Å²) >= 11 is 0. The number of nitrogens with two attached hydrogens (primary N) is 1. The predicted octanol–water partition coefficient (Wildman–Crippen LogP) is 5.12. The number of benzene rings is 2. The highest BCUT2D eigenvalue weighted by molar-refractivity contribution is 6.04. The van der Waals surface area contributed by atoms with Gasteiger partial charge >= 0.3 is 6.18 Å². The first kappa shape index (κ1) is 31.8. The van der Waals surface area contributed by atoms with Crippen molar-refractivity contribution in [1.82, 2.24) is 29.2 Å². The van der Waals surface area contributed by atoms with E-state index < -0.39 is 17.6 Å². The Kier molecular flexibility index (Phi) is 8.22. The van der Waals surface area contributed by atoms with Gasteiger partial charge in [0.15, 0.2) is 0 Å². The SMILES string of the molecule is Nc1nccn2c([C@@H]3CCCN(C(=O)C4CN(C(=O)c5ccccc5)C4)C3)nc(-c3ccc(C(=O)Nc4cc(C(F)(F)F)ccn4)cc3)c12. The van der Waals surface area contributed by atoms with Crippen molar-refractivity contribution in [1.29, 1.82) is 0 Å². The molecule has 49 heavy (non-hydrogen) atoms. The van der Waals surface area contributed by atoms with Gasteiger partial charge in [-0.1, -0.05) is 30.3 Å². The van der Waals surface area contributed by atoms with Crippen LogP contribution >= 0.6 is 0 Å². The van der Waals surface area contributed by atoms with Crippen LogP contribution in [0.3, 0.4) is 0 Å². The van der Waals surface area contributed by atoms with Gasteiger partial charge in [0.25, 0.3) is 11.8 Å². The molecule has 2 fully saturated rings. The normalized spacial score (nSPS) is 16.8. The number of amides is 3. The minimum atomic E-state index is -4.57. The van der Waals surface area contributed by atoms with Crippen molar-refractivity contribution in [2.45, 2.75) is 24.9 Å². The zero-order chi connectivity index (χ0) is 34.3. The van der Waals surface area contributed by atoms with E-state index in [4.69, 9.17) is 10.7 Å². The maximum Gasteiger partial charge on any atom is 0.416 e. The first-order valence-corrected chi connectivity index (χ1v) is 15.8. The van der Waals surface area contributed by atoms with Crippen molar-refractivity contribution in [2.24, 2.45) is 5.92 Å². The highest BCUT2D eigenvalue weighted by Gasteiger charge is 2.40. The van der Waals surface area contributed by atoms with E-state index in [9.17, 15) is 27.6 Å². The minimum absolute atomic E-state index is 0.0262. The number of carbonyl (C=O) groups excluding carboxylic acids is 3. The lowest BCUT2D eigenvalue weighted by molar-refractivity contribution is -0.141. The number of imidazole rings is 1. The topological polar surface area (TPSA) is 139 Å². The van der Waals surface area contributed by atoms with E-state index in [1.54, 1.807) is 53.7 Å². The Morgan fingerprint density at radius 3 is 2.37 bits per heavy atom. The van der Waals surface area contributed by atoms with Crippen molar-refractivity contribution in [3.05, 3.63) is 108 Å². The second kappa shape index (κ2) is 12.7.